The predicted molar refractivity (Wildman–Crippen MR) is 86.3 cm³/mol. The van der Waals surface area contributed by atoms with Gasteiger partial charge in [0, 0.05) is 18.8 Å². The lowest BCUT2D eigenvalue weighted by atomic mass is 10.2. The molecule has 0 radical (unpaired) electrons. The van der Waals surface area contributed by atoms with Gasteiger partial charge in [0.1, 0.15) is 5.82 Å². The van der Waals surface area contributed by atoms with E-state index in [4.69, 9.17) is 4.74 Å². The highest BCUT2D eigenvalue weighted by molar-refractivity contribution is 5.90. The highest BCUT2D eigenvalue weighted by atomic mass is 19.1. The number of nitrogens with zero attached hydrogens (tertiary/aromatic N) is 1. The molecule has 1 fully saturated rings. The number of hydrogen-bond acceptors (Lipinski definition) is 5. The SMILES string of the molecule is COC(=O)NNC(=O)Nc1ccc(N2C[C@@H](C)O[C@H](C)C2)c(F)c1. The maximum Gasteiger partial charge on any atom is 0.425 e. The number of nitrogens with one attached hydrogen (secondary N) is 3. The van der Waals surface area contributed by atoms with Crippen LogP contribution in [0.3, 0.4) is 0 Å². The fourth-order valence-corrected chi connectivity index (χ4v) is 2.54. The molecule has 1 heterocycles. The van der Waals surface area contributed by atoms with Gasteiger partial charge in [-0.2, -0.15) is 0 Å². The number of hydrazine groups is 1. The maximum absolute atomic E-state index is 14.4. The summed E-state index contributed by atoms with van der Waals surface area (Å²) in [6, 6.07) is 3.68. The van der Waals surface area contributed by atoms with Crippen molar-refractivity contribution in [1.82, 2.24) is 10.9 Å². The van der Waals surface area contributed by atoms with Crippen LogP contribution in [-0.4, -0.2) is 44.5 Å². The van der Waals surface area contributed by atoms with Gasteiger partial charge in [-0.15, -0.1) is 0 Å². The number of rotatable bonds is 2. The van der Waals surface area contributed by atoms with E-state index in [2.05, 4.69) is 15.5 Å². The molecule has 1 saturated heterocycles. The first-order valence-electron chi connectivity index (χ1n) is 7.50. The summed E-state index contributed by atoms with van der Waals surface area (Å²) in [6.45, 7) is 5.07. The van der Waals surface area contributed by atoms with Crippen LogP contribution in [0.1, 0.15) is 13.8 Å². The molecule has 24 heavy (non-hydrogen) atoms. The van der Waals surface area contributed by atoms with E-state index in [-0.39, 0.29) is 17.9 Å². The Morgan fingerprint density at radius 2 is 1.92 bits per heavy atom. The number of halogens is 1. The molecule has 0 saturated carbocycles. The molecule has 0 aromatic heterocycles. The third-order valence-corrected chi connectivity index (χ3v) is 3.43. The minimum absolute atomic E-state index is 0.0149. The fourth-order valence-electron chi connectivity index (χ4n) is 2.54. The largest absolute Gasteiger partial charge is 0.452 e. The normalized spacial score (nSPS) is 20.2. The molecule has 0 aliphatic carbocycles. The van der Waals surface area contributed by atoms with Crippen LogP contribution in [0.4, 0.5) is 25.4 Å². The second-order valence-corrected chi connectivity index (χ2v) is 5.52. The first-order valence-corrected chi connectivity index (χ1v) is 7.50. The number of amides is 3. The lowest BCUT2D eigenvalue weighted by Crippen LogP contribution is -2.45. The van der Waals surface area contributed by atoms with Crippen LogP contribution < -0.4 is 21.1 Å². The van der Waals surface area contributed by atoms with E-state index in [1.165, 1.54) is 6.07 Å². The second-order valence-electron chi connectivity index (χ2n) is 5.52. The molecule has 2 rings (SSSR count). The van der Waals surface area contributed by atoms with Crippen LogP contribution in [-0.2, 0) is 9.47 Å². The van der Waals surface area contributed by atoms with Crippen molar-refractivity contribution < 1.29 is 23.5 Å². The first-order chi connectivity index (χ1) is 11.4. The van der Waals surface area contributed by atoms with Gasteiger partial charge in [0.15, 0.2) is 0 Å². The van der Waals surface area contributed by atoms with E-state index in [1.54, 1.807) is 12.1 Å². The van der Waals surface area contributed by atoms with Crippen molar-refractivity contribution in [3.05, 3.63) is 24.0 Å². The minimum Gasteiger partial charge on any atom is -0.452 e. The summed E-state index contributed by atoms with van der Waals surface area (Å²) in [5, 5.41) is 2.41. The zero-order valence-corrected chi connectivity index (χ0v) is 13.8. The number of ether oxygens (including phenoxy) is 2. The molecular formula is C15H21FN4O4. The fraction of sp³-hybridized carbons (Fsp3) is 0.467. The molecule has 1 aliphatic heterocycles. The lowest BCUT2D eigenvalue weighted by molar-refractivity contribution is -0.00539. The van der Waals surface area contributed by atoms with Crippen molar-refractivity contribution >= 4 is 23.5 Å². The number of hydrogen-bond donors (Lipinski definition) is 3. The van der Waals surface area contributed by atoms with Crippen LogP contribution in [0.5, 0.6) is 0 Å². The van der Waals surface area contributed by atoms with Gasteiger partial charge in [0.25, 0.3) is 0 Å². The van der Waals surface area contributed by atoms with Crippen molar-refractivity contribution in [3.8, 4) is 0 Å². The number of urea groups is 1. The second kappa shape index (κ2) is 7.82. The van der Waals surface area contributed by atoms with Gasteiger partial charge < -0.3 is 19.7 Å². The Bertz CT molecular complexity index is 603. The molecule has 1 aromatic carbocycles. The number of benzene rings is 1. The van der Waals surface area contributed by atoms with Crippen molar-refractivity contribution in [2.45, 2.75) is 26.1 Å². The van der Waals surface area contributed by atoms with Crippen LogP contribution in [0, 0.1) is 5.82 Å². The molecule has 3 amide bonds. The van der Waals surface area contributed by atoms with Crippen molar-refractivity contribution in [3.63, 3.8) is 0 Å². The Morgan fingerprint density at radius 3 is 2.50 bits per heavy atom. The molecule has 9 heteroatoms. The average Bonchev–Trinajstić information content (AvgIpc) is 2.51. The highest BCUT2D eigenvalue weighted by Gasteiger charge is 2.24. The van der Waals surface area contributed by atoms with Crippen molar-refractivity contribution in [2.75, 3.05) is 30.4 Å². The van der Waals surface area contributed by atoms with Gasteiger partial charge in [-0.3, -0.25) is 0 Å². The number of anilines is 2. The zero-order chi connectivity index (χ0) is 17.7. The molecular weight excluding hydrogens is 319 g/mol. The quantitative estimate of drug-likeness (QED) is 0.715. The zero-order valence-electron chi connectivity index (χ0n) is 13.8. The number of carbonyl (C=O) groups is 2. The first kappa shape index (κ1) is 17.8. The summed E-state index contributed by atoms with van der Waals surface area (Å²) < 4.78 is 24.3. The summed E-state index contributed by atoms with van der Waals surface area (Å²) in [5.74, 6) is -0.449. The Labute approximate surface area is 139 Å². The number of morpholine rings is 1. The van der Waals surface area contributed by atoms with E-state index in [0.29, 0.717) is 18.8 Å². The van der Waals surface area contributed by atoms with Crippen molar-refractivity contribution in [1.29, 1.82) is 0 Å². The Balaban J connectivity index is 1.99. The van der Waals surface area contributed by atoms with Crippen LogP contribution >= 0.6 is 0 Å². The van der Waals surface area contributed by atoms with Gasteiger partial charge in [0.2, 0.25) is 0 Å². The highest BCUT2D eigenvalue weighted by Crippen LogP contribution is 2.26. The van der Waals surface area contributed by atoms with Gasteiger partial charge in [-0.25, -0.2) is 24.8 Å². The molecule has 0 unspecified atom stereocenters. The van der Waals surface area contributed by atoms with E-state index in [1.807, 2.05) is 24.2 Å². The Morgan fingerprint density at radius 1 is 1.25 bits per heavy atom. The summed E-state index contributed by atoms with van der Waals surface area (Å²) in [4.78, 5) is 24.3. The van der Waals surface area contributed by atoms with E-state index in [9.17, 15) is 14.0 Å². The molecule has 0 bridgehead atoms. The van der Waals surface area contributed by atoms with Gasteiger partial charge in [-0.1, -0.05) is 0 Å². The molecule has 2 atom stereocenters. The maximum atomic E-state index is 14.4. The number of methoxy groups -OCH3 is 1. The molecule has 1 aromatic rings. The molecule has 132 valence electrons. The standard InChI is InChI=1S/C15H21FN4O4/c1-9-7-20(8-10(2)24-9)13-5-4-11(6-12(13)16)17-14(21)18-19-15(22)23-3/h4-6,9-10H,7-8H2,1-3H3,(H,19,22)(H2,17,18,21)/t9-,10-/m1/s1. The summed E-state index contributed by atoms with van der Waals surface area (Å²) in [6.07, 6.45) is -0.788. The molecule has 0 spiro atoms. The van der Waals surface area contributed by atoms with Crippen LogP contribution in [0.25, 0.3) is 0 Å². The average molecular weight is 340 g/mol. The summed E-state index contributed by atoms with van der Waals surface area (Å²) in [5.41, 5.74) is 4.78. The minimum atomic E-state index is -0.817. The van der Waals surface area contributed by atoms with Crippen LogP contribution in [0.15, 0.2) is 18.2 Å². The third kappa shape index (κ3) is 4.72. The summed E-state index contributed by atoms with van der Waals surface area (Å²) >= 11 is 0. The Kier molecular flexibility index (Phi) is 5.80. The van der Waals surface area contributed by atoms with Gasteiger partial charge in [-0.05, 0) is 32.0 Å². The van der Waals surface area contributed by atoms with Crippen LogP contribution in [0.2, 0.25) is 0 Å². The number of carbonyl (C=O) groups excluding carboxylic acids is 2. The van der Waals surface area contributed by atoms with Crippen molar-refractivity contribution in [2.24, 2.45) is 0 Å². The molecule has 3 N–H and O–H groups in total. The summed E-state index contributed by atoms with van der Waals surface area (Å²) in [7, 11) is 1.16. The predicted octanol–water partition coefficient (Wildman–Crippen LogP) is 1.83. The Hall–Kier alpha value is -2.55. The lowest BCUT2D eigenvalue weighted by Gasteiger charge is -2.37. The van der Waals surface area contributed by atoms with E-state index >= 15 is 0 Å². The van der Waals surface area contributed by atoms with Gasteiger partial charge in [0.05, 0.1) is 25.0 Å². The smallest absolute Gasteiger partial charge is 0.425 e. The van der Waals surface area contributed by atoms with E-state index < -0.39 is 17.9 Å². The molecule has 1 aliphatic rings. The topological polar surface area (TPSA) is 91.9 Å². The monoisotopic (exact) mass is 340 g/mol. The molecule has 8 nitrogen and oxygen atoms in total. The third-order valence-electron chi connectivity index (χ3n) is 3.43. The van der Waals surface area contributed by atoms with Gasteiger partial charge >= 0.3 is 12.1 Å². The van der Waals surface area contributed by atoms with E-state index in [0.717, 1.165) is 7.11 Å².